The summed E-state index contributed by atoms with van der Waals surface area (Å²) in [7, 11) is -3.62. The number of aromatic nitrogens is 2. The summed E-state index contributed by atoms with van der Waals surface area (Å²) in [5.41, 5.74) is 2.76. The molecule has 0 atom stereocenters. The molecule has 1 fully saturated rings. The summed E-state index contributed by atoms with van der Waals surface area (Å²) in [5, 5.41) is 14.6. The van der Waals surface area contributed by atoms with Gasteiger partial charge in [0.05, 0.1) is 29.1 Å². The third kappa shape index (κ3) is 5.41. The van der Waals surface area contributed by atoms with E-state index in [1.54, 1.807) is 60.3 Å². The molecule has 2 amide bonds. The van der Waals surface area contributed by atoms with Gasteiger partial charge in [-0.15, -0.1) is 0 Å². The quantitative estimate of drug-likeness (QED) is 0.211. The highest BCUT2D eigenvalue weighted by Crippen LogP contribution is 2.32. The maximum atomic E-state index is 13.7. The molecular formula is C33H29N5O5S. The first-order chi connectivity index (χ1) is 21.3. The van der Waals surface area contributed by atoms with Gasteiger partial charge in [0.1, 0.15) is 17.4 Å². The number of carbonyl (C=O) groups excluding carboxylic acids is 2. The first-order valence-electron chi connectivity index (χ1n) is 14.2. The van der Waals surface area contributed by atoms with E-state index < -0.39 is 21.8 Å². The van der Waals surface area contributed by atoms with Gasteiger partial charge < -0.3 is 4.42 Å². The number of furan rings is 1. The molecule has 1 saturated heterocycles. The van der Waals surface area contributed by atoms with Crippen molar-refractivity contribution in [2.24, 2.45) is 0 Å². The fraction of sp³-hybridized carbons (Fsp3) is 0.212. The Morgan fingerprint density at radius 3 is 2.34 bits per heavy atom. The molecule has 4 aromatic rings. The van der Waals surface area contributed by atoms with E-state index in [1.807, 2.05) is 36.4 Å². The van der Waals surface area contributed by atoms with Crippen LogP contribution in [0.3, 0.4) is 0 Å². The Bertz CT molecular complexity index is 1930. The molecule has 0 unspecified atom stereocenters. The van der Waals surface area contributed by atoms with Gasteiger partial charge in [-0.05, 0) is 67.8 Å². The molecule has 0 aliphatic carbocycles. The maximum Gasteiger partial charge on any atom is 0.272 e. The van der Waals surface area contributed by atoms with Gasteiger partial charge in [0.15, 0.2) is 0 Å². The van der Waals surface area contributed by atoms with Crippen molar-refractivity contribution in [3.63, 3.8) is 0 Å². The van der Waals surface area contributed by atoms with Crippen LogP contribution in [0.4, 0.5) is 0 Å². The minimum Gasteiger partial charge on any atom is -0.467 e. The predicted octanol–water partition coefficient (Wildman–Crippen LogP) is 5.10. The molecule has 11 heteroatoms. The van der Waals surface area contributed by atoms with E-state index in [-0.39, 0.29) is 28.2 Å². The number of piperidine rings is 1. The molecule has 10 nitrogen and oxygen atoms in total. The zero-order chi connectivity index (χ0) is 30.8. The second-order valence-corrected chi connectivity index (χ2v) is 12.6. The number of hydrogen-bond acceptors (Lipinski definition) is 7. The fourth-order valence-corrected chi connectivity index (χ4v) is 6.97. The maximum absolute atomic E-state index is 13.7. The molecule has 6 rings (SSSR count). The van der Waals surface area contributed by atoms with E-state index >= 15 is 0 Å². The van der Waals surface area contributed by atoms with Gasteiger partial charge in [-0.25, -0.2) is 13.1 Å². The van der Waals surface area contributed by atoms with Gasteiger partial charge in [0.2, 0.25) is 10.0 Å². The number of nitrogens with zero attached hydrogens (tertiary/aromatic N) is 5. The SMILES string of the molecule is CC1=C(C#N)C(=O)N(Cc2ccco2)C(=O)/C1=C/c1cn(-c2ccccc2)nc1-c1ccc(S(=O)(=O)N2CCCCC2)cc1. The summed E-state index contributed by atoms with van der Waals surface area (Å²) in [6.45, 7) is 2.47. The highest BCUT2D eigenvalue weighted by atomic mass is 32.2. The average molecular weight is 608 g/mol. The Morgan fingerprint density at radius 2 is 1.68 bits per heavy atom. The van der Waals surface area contributed by atoms with Crippen molar-refractivity contribution in [2.75, 3.05) is 13.1 Å². The summed E-state index contributed by atoms with van der Waals surface area (Å²) in [6, 6.07) is 21.2. The number of imide groups is 1. The molecule has 0 radical (unpaired) electrons. The Labute approximate surface area is 255 Å². The molecule has 2 aliphatic rings. The third-order valence-electron chi connectivity index (χ3n) is 7.86. The number of carbonyl (C=O) groups is 2. The molecule has 0 saturated carbocycles. The van der Waals surface area contributed by atoms with Crippen LogP contribution in [0, 0.1) is 11.3 Å². The molecule has 44 heavy (non-hydrogen) atoms. The predicted molar refractivity (Wildman–Crippen MR) is 162 cm³/mol. The molecule has 4 heterocycles. The van der Waals surface area contributed by atoms with Crippen LogP contribution in [0.15, 0.2) is 105 Å². The van der Waals surface area contributed by atoms with Crippen molar-refractivity contribution in [2.45, 2.75) is 37.6 Å². The summed E-state index contributed by atoms with van der Waals surface area (Å²) in [4.78, 5) is 28.0. The second-order valence-electron chi connectivity index (χ2n) is 10.6. The van der Waals surface area contributed by atoms with Crippen molar-refractivity contribution in [1.82, 2.24) is 19.0 Å². The van der Waals surface area contributed by atoms with Crippen molar-refractivity contribution < 1.29 is 22.4 Å². The van der Waals surface area contributed by atoms with E-state index in [2.05, 4.69) is 0 Å². The van der Waals surface area contributed by atoms with Gasteiger partial charge in [0, 0.05) is 36.0 Å². The Balaban J connectivity index is 1.44. The number of rotatable bonds is 7. The molecule has 0 N–H and O–H groups in total. The van der Waals surface area contributed by atoms with Gasteiger partial charge in [0.25, 0.3) is 11.8 Å². The van der Waals surface area contributed by atoms with Crippen LogP contribution in [0.1, 0.15) is 37.5 Å². The van der Waals surface area contributed by atoms with E-state index in [9.17, 15) is 23.3 Å². The van der Waals surface area contributed by atoms with Gasteiger partial charge in [-0.2, -0.15) is 14.7 Å². The lowest BCUT2D eigenvalue weighted by Gasteiger charge is -2.26. The molecule has 0 spiro atoms. The van der Waals surface area contributed by atoms with Crippen molar-refractivity contribution in [1.29, 1.82) is 5.26 Å². The zero-order valence-corrected chi connectivity index (χ0v) is 24.8. The number of sulfonamides is 1. The van der Waals surface area contributed by atoms with Crippen LogP contribution in [0.2, 0.25) is 0 Å². The lowest BCUT2D eigenvalue weighted by atomic mass is 9.93. The van der Waals surface area contributed by atoms with Crippen LogP contribution in [0.5, 0.6) is 0 Å². The topological polar surface area (TPSA) is 130 Å². The summed E-state index contributed by atoms with van der Waals surface area (Å²) in [5.74, 6) is -0.849. The van der Waals surface area contributed by atoms with Crippen LogP contribution >= 0.6 is 0 Å². The van der Waals surface area contributed by atoms with Gasteiger partial charge in [-0.3, -0.25) is 14.5 Å². The minimum atomic E-state index is -3.62. The van der Waals surface area contributed by atoms with Crippen LogP contribution in [-0.2, 0) is 26.2 Å². The average Bonchev–Trinajstić information content (AvgIpc) is 3.73. The Hall–Kier alpha value is -5.05. The van der Waals surface area contributed by atoms with E-state index in [1.165, 1.54) is 10.6 Å². The summed E-state index contributed by atoms with van der Waals surface area (Å²) in [6.07, 6.45) is 7.54. The highest BCUT2D eigenvalue weighted by Gasteiger charge is 2.36. The standard InChI is InChI=1S/C33H29N5O5S/c1-23-29(32(39)37(33(40)30(23)20-34)22-27-11-8-18-43-27)19-25-21-38(26-9-4-2-5-10-26)35-31(25)24-12-14-28(15-13-24)44(41,42)36-16-6-3-7-17-36/h2,4-5,8-15,18-19,21H,3,6-7,16-17,22H2,1H3/b29-19+. The van der Waals surface area contributed by atoms with E-state index in [0.717, 1.165) is 29.8 Å². The van der Waals surface area contributed by atoms with E-state index in [4.69, 9.17) is 9.52 Å². The minimum absolute atomic E-state index is 0.121. The third-order valence-corrected chi connectivity index (χ3v) is 9.78. The smallest absolute Gasteiger partial charge is 0.272 e. The number of nitriles is 1. The highest BCUT2D eigenvalue weighted by molar-refractivity contribution is 7.89. The largest absolute Gasteiger partial charge is 0.467 e. The number of hydrogen-bond donors (Lipinski definition) is 0. The fourth-order valence-electron chi connectivity index (χ4n) is 5.46. The molecule has 2 aromatic carbocycles. The number of benzene rings is 2. The van der Waals surface area contributed by atoms with Gasteiger partial charge >= 0.3 is 0 Å². The Morgan fingerprint density at radius 1 is 0.955 bits per heavy atom. The Kier molecular flexibility index (Phi) is 7.86. The molecule has 222 valence electrons. The molecule has 0 bridgehead atoms. The monoisotopic (exact) mass is 607 g/mol. The van der Waals surface area contributed by atoms with Crippen LogP contribution in [0.25, 0.3) is 23.0 Å². The molecular weight excluding hydrogens is 578 g/mol. The van der Waals surface area contributed by atoms with Gasteiger partial charge in [-0.1, -0.05) is 36.8 Å². The lowest BCUT2D eigenvalue weighted by Crippen LogP contribution is -2.42. The summed E-state index contributed by atoms with van der Waals surface area (Å²) >= 11 is 0. The first kappa shape index (κ1) is 29.0. The van der Waals surface area contributed by atoms with E-state index in [0.29, 0.717) is 35.7 Å². The molecule has 2 aromatic heterocycles. The summed E-state index contributed by atoms with van der Waals surface area (Å²) < 4.78 is 35.0. The van der Waals surface area contributed by atoms with Crippen molar-refractivity contribution in [3.05, 3.63) is 107 Å². The van der Waals surface area contributed by atoms with Crippen molar-refractivity contribution >= 4 is 27.9 Å². The lowest BCUT2D eigenvalue weighted by molar-refractivity contribution is -0.141. The van der Waals surface area contributed by atoms with Crippen LogP contribution in [-0.4, -0.2) is 52.3 Å². The normalized spacial score (nSPS) is 17.4. The first-order valence-corrected chi connectivity index (χ1v) is 15.7. The zero-order valence-electron chi connectivity index (χ0n) is 24.0. The van der Waals surface area contributed by atoms with Crippen LogP contribution < -0.4 is 0 Å². The number of amides is 2. The second kappa shape index (κ2) is 11.9. The molecule has 2 aliphatic heterocycles. The van der Waals surface area contributed by atoms with Crippen molar-refractivity contribution in [3.8, 4) is 23.0 Å². The number of para-hydroxylation sites is 1.